The van der Waals surface area contributed by atoms with Gasteiger partial charge in [-0.3, -0.25) is 4.72 Å². The zero-order valence-corrected chi connectivity index (χ0v) is 21.2. The first kappa shape index (κ1) is 26.7. The monoisotopic (exact) mass is 571 g/mol. The average Bonchev–Trinajstić information content (AvgIpc) is 3.09. The van der Waals surface area contributed by atoms with Crippen molar-refractivity contribution in [1.29, 1.82) is 5.26 Å². The highest BCUT2D eigenvalue weighted by Gasteiger charge is 2.33. The van der Waals surface area contributed by atoms with Gasteiger partial charge in [-0.25, -0.2) is 23.4 Å². The Morgan fingerprint density at radius 2 is 1.76 bits per heavy atom. The minimum absolute atomic E-state index is 0.0317. The van der Waals surface area contributed by atoms with Crippen molar-refractivity contribution in [1.82, 2.24) is 15.0 Å². The van der Waals surface area contributed by atoms with E-state index in [1.54, 1.807) is 9.80 Å². The smallest absolute Gasteiger partial charge is 0.354 e. The molecule has 2 aromatic heterocycles. The predicted octanol–water partition coefficient (Wildman–Crippen LogP) is 4.59. The molecule has 15 heteroatoms. The molecule has 194 valence electrons. The lowest BCUT2D eigenvalue weighted by Gasteiger charge is -2.24. The van der Waals surface area contributed by atoms with Crippen molar-refractivity contribution in [3.05, 3.63) is 64.0 Å². The van der Waals surface area contributed by atoms with Crippen molar-refractivity contribution in [2.45, 2.75) is 17.5 Å². The molecule has 0 aliphatic carbocycles. The highest BCUT2D eigenvalue weighted by molar-refractivity contribution is 7.92. The summed E-state index contributed by atoms with van der Waals surface area (Å²) >= 11 is 11.9. The molecular weight excluding hydrogens is 554 g/mol. The van der Waals surface area contributed by atoms with Crippen LogP contribution in [0.25, 0.3) is 0 Å². The van der Waals surface area contributed by atoms with E-state index in [9.17, 15) is 26.9 Å². The molecule has 0 bridgehead atoms. The summed E-state index contributed by atoms with van der Waals surface area (Å²) in [6, 6.07) is 8.13. The Bertz CT molecular complexity index is 1470. The third kappa shape index (κ3) is 6.15. The fourth-order valence-electron chi connectivity index (χ4n) is 3.74. The van der Waals surface area contributed by atoms with E-state index in [2.05, 4.69) is 19.7 Å². The lowest BCUT2D eigenvalue weighted by Crippen LogP contribution is -2.32. The molecule has 0 amide bonds. The molecule has 1 fully saturated rings. The maximum atomic E-state index is 13.0. The van der Waals surface area contributed by atoms with Gasteiger partial charge in [0.05, 0.1) is 22.5 Å². The second-order valence-electron chi connectivity index (χ2n) is 7.95. The Morgan fingerprint density at radius 3 is 2.46 bits per heavy atom. The second-order valence-corrected chi connectivity index (χ2v) is 10.4. The van der Waals surface area contributed by atoms with Crippen LogP contribution in [0.5, 0.6) is 0 Å². The van der Waals surface area contributed by atoms with E-state index in [0.29, 0.717) is 31.9 Å². The van der Waals surface area contributed by atoms with E-state index in [0.717, 1.165) is 12.3 Å². The third-order valence-corrected chi connectivity index (χ3v) is 7.53. The molecular formula is C22H18Cl2F3N7O2S. The molecule has 0 atom stereocenters. The molecule has 0 unspecified atom stereocenters. The first-order valence-corrected chi connectivity index (χ1v) is 13.0. The number of hydrogen-bond donors (Lipinski definition) is 1. The number of rotatable bonds is 5. The zero-order chi connectivity index (χ0) is 26.8. The summed E-state index contributed by atoms with van der Waals surface area (Å²) in [5, 5.41) is 9.91. The van der Waals surface area contributed by atoms with E-state index in [4.69, 9.17) is 23.2 Å². The molecule has 1 aromatic carbocycles. The van der Waals surface area contributed by atoms with Gasteiger partial charge in [-0.2, -0.15) is 18.4 Å². The molecule has 0 saturated carbocycles. The average molecular weight is 572 g/mol. The molecule has 0 radical (unpaired) electrons. The Hall–Kier alpha value is -3.34. The van der Waals surface area contributed by atoms with Crippen LogP contribution in [-0.2, 0) is 16.2 Å². The summed E-state index contributed by atoms with van der Waals surface area (Å²) in [4.78, 5) is 15.2. The second kappa shape index (κ2) is 10.6. The molecule has 1 N–H and O–H groups in total. The van der Waals surface area contributed by atoms with Gasteiger partial charge in [0.2, 0.25) is 5.95 Å². The molecule has 37 heavy (non-hydrogen) atoms. The summed E-state index contributed by atoms with van der Waals surface area (Å²) in [7, 11) is -4.09. The largest absolute Gasteiger partial charge is 0.433 e. The van der Waals surface area contributed by atoms with Gasteiger partial charge in [-0.05, 0) is 36.8 Å². The van der Waals surface area contributed by atoms with Crippen molar-refractivity contribution >= 4 is 50.7 Å². The highest BCUT2D eigenvalue weighted by atomic mass is 35.5. The van der Waals surface area contributed by atoms with Crippen molar-refractivity contribution in [3.63, 3.8) is 0 Å². The fraction of sp³-hybridized carbons (Fsp3) is 0.273. The quantitative estimate of drug-likeness (QED) is 0.473. The number of halogens is 5. The molecule has 3 aromatic rings. The lowest BCUT2D eigenvalue weighted by atomic mass is 10.2. The summed E-state index contributed by atoms with van der Waals surface area (Å²) in [6.45, 7) is 1.48. The number of hydrogen-bond acceptors (Lipinski definition) is 8. The van der Waals surface area contributed by atoms with Crippen LogP contribution in [0.3, 0.4) is 0 Å². The number of pyridine rings is 1. The van der Waals surface area contributed by atoms with Gasteiger partial charge in [0.15, 0.2) is 0 Å². The van der Waals surface area contributed by atoms with Gasteiger partial charge in [-0.1, -0.05) is 23.2 Å². The van der Waals surface area contributed by atoms with Gasteiger partial charge < -0.3 is 9.80 Å². The van der Waals surface area contributed by atoms with Crippen LogP contribution in [0.2, 0.25) is 10.0 Å². The van der Waals surface area contributed by atoms with Gasteiger partial charge in [-0.15, -0.1) is 0 Å². The molecule has 1 aliphatic heterocycles. The van der Waals surface area contributed by atoms with Crippen LogP contribution in [0.4, 0.5) is 30.6 Å². The number of anilines is 3. The van der Waals surface area contributed by atoms with Crippen molar-refractivity contribution in [2.24, 2.45) is 0 Å². The molecule has 1 aliphatic rings. The topological polar surface area (TPSA) is 115 Å². The molecule has 4 rings (SSSR count). The van der Waals surface area contributed by atoms with Gasteiger partial charge in [0.1, 0.15) is 22.5 Å². The summed E-state index contributed by atoms with van der Waals surface area (Å²) in [6.07, 6.45) is -1.70. The minimum atomic E-state index is -4.58. The predicted molar refractivity (Wildman–Crippen MR) is 132 cm³/mol. The first-order chi connectivity index (χ1) is 17.5. The Kier molecular flexibility index (Phi) is 7.63. The standard InChI is InChI=1S/C22H18Cl2F3N7O2S/c23-15-2-3-18(17(24)11-15)37(35,36)32-16-10-14(12-28)20(30-13-16)33-6-1-7-34(9-8-33)21-29-5-4-19(31-21)22(25,26)27/h2-5,10-11,13,32H,1,6-9H2. The van der Waals surface area contributed by atoms with Crippen molar-refractivity contribution in [3.8, 4) is 6.07 Å². The van der Waals surface area contributed by atoms with Crippen LogP contribution in [0, 0.1) is 11.3 Å². The molecule has 0 spiro atoms. The van der Waals surface area contributed by atoms with Crippen LogP contribution in [-0.4, -0.2) is 49.5 Å². The van der Waals surface area contributed by atoms with E-state index in [-0.39, 0.29) is 38.7 Å². The SMILES string of the molecule is N#Cc1cc(NS(=O)(=O)c2ccc(Cl)cc2Cl)cnc1N1CCCN(c2nccc(C(F)(F)F)n2)CC1. The number of aromatic nitrogens is 3. The number of alkyl halides is 3. The third-order valence-electron chi connectivity index (χ3n) is 5.43. The van der Waals surface area contributed by atoms with Crippen molar-refractivity contribution in [2.75, 3.05) is 40.7 Å². The molecule has 9 nitrogen and oxygen atoms in total. The van der Waals surface area contributed by atoms with Crippen LogP contribution >= 0.6 is 23.2 Å². The van der Waals surface area contributed by atoms with Gasteiger partial charge in [0, 0.05) is 37.4 Å². The van der Waals surface area contributed by atoms with E-state index < -0.39 is 21.9 Å². The summed E-state index contributed by atoms with van der Waals surface area (Å²) in [5.41, 5.74) is -0.851. The maximum Gasteiger partial charge on any atom is 0.433 e. The molecule has 3 heterocycles. The number of nitrogens with zero attached hydrogens (tertiary/aromatic N) is 6. The molecule has 1 saturated heterocycles. The van der Waals surface area contributed by atoms with Gasteiger partial charge in [0.25, 0.3) is 10.0 Å². The first-order valence-electron chi connectivity index (χ1n) is 10.8. The maximum absolute atomic E-state index is 13.0. The van der Waals surface area contributed by atoms with Crippen molar-refractivity contribution < 1.29 is 21.6 Å². The fourth-order valence-corrected chi connectivity index (χ4v) is 5.55. The summed E-state index contributed by atoms with van der Waals surface area (Å²) < 4.78 is 67.0. The number of nitriles is 1. The number of sulfonamides is 1. The number of nitrogens with one attached hydrogen (secondary N) is 1. The van der Waals surface area contributed by atoms with E-state index >= 15 is 0 Å². The zero-order valence-electron chi connectivity index (χ0n) is 18.9. The Balaban J connectivity index is 1.52. The highest BCUT2D eigenvalue weighted by Crippen LogP contribution is 2.30. The van der Waals surface area contributed by atoms with Crippen LogP contribution < -0.4 is 14.5 Å². The van der Waals surface area contributed by atoms with E-state index in [1.807, 2.05) is 6.07 Å². The van der Waals surface area contributed by atoms with Gasteiger partial charge >= 0.3 is 6.18 Å². The lowest BCUT2D eigenvalue weighted by molar-refractivity contribution is -0.141. The minimum Gasteiger partial charge on any atom is -0.354 e. The Morgan fingerprint density at radius 1 is 1.03 bits per heavy atom. The Labute approximate surface area is 220 Å². The number of benzene rings is 1. The van der Waals surface area contributed by atoms with E-state index in [1.165, 1.54) is 30.5 Å². The normalized spacial score (nSPS) is 14.7. The van der Waals surface area contributed by atoms with Crippen LogP contribution in [0.1, 0.15) is 17.7 Å². The van der Waals surface area contributed by atoms with Crippen LogP contribution in [0.15, 0.2) is 47.6 Å². The summed E-state index contributed by atoms with van der Waals surface area (Å²) in [5.74, 6) is 0.289.